The highest BCUT2D eigenvalue weighted by Crippen LogP contribution is 2.37. The average molecular weight is 379 g/mol. The van der Waals surface area contributed by atoms with Crippen molar-refractivity contribution in [2.45, 2.75) is 38.5 Å². The Bertz CT molecular complexity index is 967. The first-order chi connectivity index (χ1) is 13.8. The number of pyridine rings is 1. The van der Waals surface area contributed by atoms with E-state index >= 15 is 0 Å². The molecule has 1 aromatic carbocycles. The fourth-order valence-electron chi connectivity index (χ4n) is 3.59. The highest BCUT2D eigenvalue weighted by Gasteiger charge is 2.24. The maximum Gasteiger partial charge on any atom is 0.231 e. The van der Waals surface area contributed by atoms with Gasteiger partial charge in [-0.2, -0.15) is 0 Å². The third-order valence-electron chi connectivity index (χ3n) is 5.09. The molecule has 0 saturated carbocycles. The molecule has 0 spiro atoms. The predicted molar refractivity (Wildman–Crippen MR) is 107 cm³/mol. The summed E-state index contributed by atoms with van der Waals surface area (Å²) in [6.45, 7) is 3.10. The van der Waals surface area contributed by atoms with Gasteiger partial charge in [-0.1, -0.05) is 31.9 Å². The summed E-state index contributed by atoms with van der Waals surface area (Å²) in [6.07, 6.45) is 7.46. The molecule has 146 valence electrons. The molecule has 2 aromatic heterocycles. The minimum absolute atomic E-state index is 0.0460. The molecule has 1 N–H and O–H groups in total. The summed E-state index contributed by atoms with van der Waals surface area (Å²) in [5.74, 6) is 1.38. The molecule has 3 aromatic rings. The van der Waals surface area contributed by atoms with E-state index in [2.05, 4.69) is 17.2 Å². The Hall–Kier alpha value is -3.02. The summed E-state index contributed by atoms with van der Waals surface area (Å²) in [5, 5.41) is 3.06. The summed E-state index contributed by atoms with van der Waals surface area (Å²) in [4.78, 5) is 17.2. The molecule has 6 heteroatoms. The maximum absolute atomic E-state index is 12.7. The highest BCUT2D eigenvalue weighted by molar-refractivity contribution is 5.77. The van der Waals surface area contributed by atoms with Crippen molar-refractivity contribution in [2.75, 3.05) is 13.3 Å². The molecule has 0 saturated heterocycles. The van der Waals surface area contributed by atoms with Crippen molar-refractivity contribution in [1.29, 1.82) is 0 Å². The van der Waals surface area contributed by atoms with Crippen LogP contribution in [-0.4, -0.2) is 28.6 Å². The van der Waals surface area contributed by atoms with E-state index in [1.807, 2.05) is 53.2 Å². The number of benzene rings is 1. The van der Waals surface area contributed by atoms with E-state index in [1.54, 1.807) is 0 Å². The standard InChI is InChI=1S/C22H25N3O3/c1-2-3-5-10-23-22(26)13-17(16-8-9-19-20(12-16)28-15-27-19)18-14-24-21-7-4-6-11-25(18)21/h4,6-9,11-12,14,17H,2-3,5,10,13,15H2,1H3,(H,23,26)/t17-/m0/s1. The zero-order valence-corrected chi connectivity index (χ0v) is 16.1. The van der Waals surface area contributed by atoms with Crippen LogP contribution in [0.25, 0.3) is 5.65 Å². The molecule has 1 atom stereocenters. The minimum atomic E-state index is -0.127. The van der Waals surface area contributed by atoms with Crippen LogP contribution in [0.2, 0.25) is 0 Å². The summed E-state index contributed by atoms with van der Waals surface area (Å²) in [6, 6.07) is 11.8. The smallest absolute Gasteiger partial charge is 0.231 e. The second kappa shape index (κ2) is 8.33. The van der Waals surface area contributed by atoms with Gasteiger partial charge in [0.15, 0.2) is 11.5 Å². The highest BCUT2D eigenvalue weighted by atomic mass is 16.7. The normalized spacial score (nSPS) is 13.6. The second-order valence-electron chi connectivity index (χ2n) is 7.04. The van der Waals surface area contributed by atoms with Gasteiger partial charge < -0.3 is 19.2 Å². The number of unbranched alkanes of at least 4 members (excludes halogenated alkanes) is 2. The molecule has 6 nitrogen and oxygen atoms in total. The molecule has 1 amide bonds. The first-order valence-electron chi connectivity index (χ1n) is 9.84. The predicted octanol–water partition coefficient (Wildman–Crippen LogP) is 3.89. The van der Waals surface area contributed by atoms with Crippen LogP contribution in [0.3, 0.4) is 0 Å². The van der Waals surface area contributed by atoms with Gasteiger partial charge in [-0.15, -0.1) is 0 Å². The fourth-order valence-corrected chi connectivity index (χ4v) is 3.59. The Balaban J connectivity index is 1.62. The lowest BCUT2D eigenvalue weighted by molar-refractivity contribution is -0.121. The zero-order valence-electron chi connectivity index (χ0n) is 16.1. The van der Waals surface area contributed by atoms with E-state index in [1.165, 1.54) is 0 Å². The number of carbonyl (C=O) groups excluding carboxylic acids is 1. The lowest BCUT2D eigenvalue weighted by Crippen LogP contribution is -2.26. The second-order valence-corrected chi connectivity index (χ2v) is 7.04. The maximum atomic E-state index is 12.7. The first kappa shape index (κ1) is 18.3. The van der Waals surface area contributed by atoms with Gasteiger partial charge in [0, 0.05) is 31.3 Å². The van der Waals surface area contributed by atoms with Crippen LogP contribution in [0, 0.1) is 0 Å². The van der Waals surface area contributed by atoms with Crippen molar-refractivity contribution in [3.05, 3.63) is 60.0 Å². The van der Waals surface area contributed by atoms with Crippen LogP contribution >= 0.6 is 0 Å². The molecule has 0 fully saturated rings. The van der Waals surface area contributed by atoms with Crippen molar-refractivity contribution >= 4 is 11.6 Å². The largest absolute Gasteiger partial charge is 0.454 e. The number of amides is 1. The van der Waals surface area contributed by atoms with Crippen LogP contribution in [0.15, 0.2) is 48.8 Å². The summed E-state index contributed by atoms with van der Waals surface area (Å²) < 4.78 is 13.0. The van der Waals surface area contributed by atoms with Gasteiger partial charge in [-0.3, -0.25) is 4.79 Å². The van der Waals surface area contributed by atoms with Gasteiger partial charge in [0.2, 0.25) is 12.7 Å². The van der Waals surface area contributed by atoms with Crippen LogP contribution in [-0.2, 0) is 4.79 Å². The molecule has 1 aliphatic rings. The topological polar surface area (TPSA) is 64.9 Å². The third kappa shape index (κ3) is 3.81. The molecule has 0 aliphatic carbocycles. The van der Waals surface area contributed by atoms with Gasteiger partial charge in [0.1, 0.15) is 5.65 Å². The SMILES string of the molecule is CCCCCNC(=O)C[C@@H](c1ccc2c(c1)OCO2)c1cnc2ccccn12. The molecule has 0 radical (unpaired) electrons. The molecule has 28 heavy (non-hydrogen) atoms. The monoisotopic (exact) mass is 379 g/mol. The quantitative estimate of drug-likeness (QED) is 0.603. The van der Waals surface area contributed by atoms with E-state index in [9.17, 15) is 4.79 Å². The first-order valence-corrected chi connectivity index (χ1v) is 9.84. The Kier molecular flexibility index (Phi) is 5.46. The van der Waals surface area contributed by atoms with Crippen LogP contribution in [0.5, 0.6) is 11.5 Å². The molecular formula is C22H25N3O3. The number of nitrogens with zero attached hydrogens (tertiary/aromatic N) is 2. The number of nitrogens with one attached hydrogen (secondary N) is 1. The lowest BCUT2D eigenvalue weighted by atomic mass is 9.92. The molecule has 4 rings (SSSR count). The van der Waals surface area contributed by atoms with E-state index in [0.717, 1.165) is 47.7 Å². The van der Waals surface area contributed by atoms with Crippen LogP contribution < -0.4 is 14.8 Å². The van der Waals surface area contributed by atoms with Gasteiger partial charge in [-0.25, -0.2) is 4.98 Å². The number of rotatable bonds is 8. The molecule has 1 aliphatic heterocycles. The van der Waals surface area contributed by atoms with Crippen molar-refractivity contribution < 1.29 is 14.3 Å². The number of aromatic nitrogens is 2. The van der Waals surface area contributed by atoms with Crippen molar-refractivity contribution in [2.24, 2.45) is 0 Å². The minimum Gasteiger partial charge on any atom is -0.454 e. The molecule has 3 heterocycles. The number of hydrogen-bond acceptors (Lipinski definition) is 4. The third-order valence-corrected chi connectivity index (χ3v) is 5.09. The van der Waals surface area contributed by atoms with Gasteiger partial charge in [-0.05, 0) is 36.2 Å². The van der Waals surface area contributed by atoms with Gasteiger partial charge >= 0.3 is 0 Å². The Morgan fingerprint density at radius 3 is 3.00 bits per heavy atom. The van der Waals surface area contributed by atoms with Crippen molar-refractivity contribution in [3.8, 4) is 11.5 Å². The number of imidazole rings is 1. The molecule has 0 bridgehead atoms. The van der Waals surface area contributed by atoms with Crippen LogP contribution in [0.4, 0.5) is 0 Å². The summed E-state index contributed by atoms with van der Waals surface area (Å²) >= 11 is 0. The lowest BCUT2D eigenvalue weighted by Gasteiger charge is -2.18. The van der Waals surface area contributed by atoms with Crippen LogP contribution in [0.1, 0.15) is 49.8 Å². The molecule has 0 unspecified atom stereocenters. The van der Waals surface area contributed by atoms with E-state index in [-0.39, 0.29) is 18.6 Å². The van der Waals surface area contributed by atoms with Crippen molar-refractivity contribution in [1.82, 2.24) is 14.7 Å². The Labute approximate surface area is 164 Å². The Morgan fingerprint density at radius 2 is 2.11 bits per heavy atom. The van der Waals surface area contributed by atoms with E-state index in [0.29, 0.717) is 13.0 Å². The number of ether oxygens (including phenoxy) is 2. The van der Waals surface area contributed by atoms with Crippen molar-refractivity contribution in [3.63, 3.8) is 0 Å². The fraction of sp³-hybridized carbons (Fsp3) is 0.364. The Morgan fingerprint density at radius 1 is 1.21 bits per heavy atom. The number of carbonyl (C=O) groups is 1. The summed E-state index contributed by atoms with van der Waals surface area (Å²) in [5.41, 5.74) is 2.86. The zero-order chi connectivity index (χ0) is 19.3. The number of hydrogen-bond donors (Lipinski definition) is 1. The van der Waals surface area contributed by atoms with Gasteiger partial charge in [0.05, 0.1) is 5.69 Å². The molecular weight excluding hydrogens is 354 g/mol. The number of fused-ring (bicyclic) bond motifs is 2. The van der Waals surface area contributed by atoms with E-state index in [4.69, 9.17) is 9.47 Å². The van der Waals surface area contributed by atoms with Gasteiger partial charge in [0.25, 0.3) is 0 Å². The average Bonchev–Trinajstić information content (AvgIpc) is 3.36. The van der Waals surface area contributed by atoms with E-state index < -0.39 is 0 Å². The summed E-state index contributed by atoms with van der Waals surface area (Å²) in [7, 11) is 0.